The summed E-state index contributed by atoms with van der Waals surface area (Å²) in [6.45, 7) is 6.94. The lowest BCUT2D eigenvalue weighted by Crippen LogP contribution is -2.06. The van der Waals surface area contributed by atoms with Crippen molar-refractivity contribution in [3.63, 3.8) is 0 Å². The predicted octanol–water partition coefficient (Wildman–Crippen LogP) is 5.21. The number of aliphatic hydroxyl groups excluding tert-OH is 1. The Morgan fingerprint density at radius 1 is 0.700 bits per heavy atom. The Hall–Kier alpha value is -0.820. The third kappa shape index (κ3) is 4.94. The number of hydrogen-bond acceptors (Lipinski definition) is 1. The minimum atomic E-state index is 0.187. The van der Waals surface area contributed by atoms with Gasteiger partial charge in [0.1, 0.15) is 0 Å². The van der Waals surface area contributed by atoms with Gasteiger partial charge in [-0.05, 0) is 60.8 Å². The van der Waals surface area contributed by atoms with Crippen molar-refractivity contribution in [3.8, 4) is 0 Å². The van der Waals surface area contributed by atoms with Crippen molar-refractivity contribution >= 4 is 0 Å². The third-order valence-corrected chi connectivity index (χ3v) is 4.16. The number of aryl methyl sites for hydroxylation is 1. The monoisotopic (exact) mass is 276 g/mol. The minimum absolute atomic E-state index is 0.187. The molecule has 0 aliphatic heterocycles. The van der Waals surface area contributed by atoms with E-state index in [-0.39, 0.29) is 6.61 Å². The fraction of sp³-hybridized carbons (Fsp3) is 0.684. The summed E-state index contributed by atoms with van der Waals surface area (Å²) in [5.41, 5.74) is 5.70. The van der Waals surface area contributed by atoms with Crippen LogP contribution in [-0.4, -0.2) is 5.11 Å². The normalized spacial score (nSPS) is 11.0. The van der Waals surface area contributed by atoms with E-state index in [9.17, 15) is 5.11 Å². The molecule has 0 saturated carbocycles. The zero-order chi connectivity index (χ0) is 14.8. The molecule has 1 nitrogen and oxygen atoms in total. The highest BCUT2D eigenvalue weighted by molar-refractivity contribution is 5.41. The first-order valence-electron chi connectivity index (χ1n) is 8.51. The van der Waals surface area contributed by atoms with E-state index in [1.165, 1.54) is 62.5 Å². The number of unbranched alkanes of at least 4 members (excludes halogenated alkanes) is 3. The van der Waals surface area contributed by atoms with E-state index in [0.29, 0.717) is 0 Å². The van der Waals surface area contributed by atoms with Crippen molar-refractivity contribution in [1.82, 2.24) is 0 Å². The molecule has 20 heavy (non-hydrogen) atoms. The Morgan fingerprint density at radius 3 is 1.65 bits per heavy atom. The zero-order valence-electron chi connectivity index (χ0n) is 13.7. The van der Waals surface area contributed by atoms with Crippen molar-refractivity contribution in [2.75, 3.05) is 0 Å². The van der Waals surface area contributed by atoms with E-state index in [4.69, 9.17) is 0 Å². The van der Waals surface area contributed by atoms with Crippen molar-refractivity contribution in [1.29, 1.82) is 0 Å². The maximum atomic E-state index is 9.63. The summed E-state index contributed by atoms with van der Waals surface area (Å²) in [7, 11) is 0. The summed E-state index contributed by atoms with van der Waals surface area (Å²) >= 11 is 0. The van der Waals surface area contributed by atoms with Gasteiger partial charge in [-0.3, -0.25) is 0 Å². The van der Waals surface area contributed by atoms with E-state index < -0.39 is 0 Å². The highest BCUT2D eigenvalue weighted by Gasteiger charge is 2.12. The van der Waals surface area contributed by atoms with Crippen LogP contribution in [0.2, 0.25) is 0 Å². The summed E-state index contributed by atoms with van der Waals surface area (Å²) < 4.78 is 0. The Balaban J connectivity index is 3.09. The molecule has 0 amide bonds. The van der Waals surface area contributed by atoms with Crippen LogP contribution in [0.3, 0.4) is 0 Å². The topological polar surface area (TPSA) is 20.2 Å². The Kier molecular flexibility index (Phi) is 8.60. The van der Waals surface area contributed by atoms with Gasteiger partial charge in [0.15, 0.2) is 0 Å². The molecule has 0 fully saturated rings. The van der Waals surface area contributed by atoms with E-state index in [1.54, 1.807) is 5.56 Å². The average molecular weight is 276 g/mol. The van der Waals surface area contributed by atoms with Crippen LogP contribution in [-0.2, 0) is 25.9 Å². The summed E-state index contributed by atoms with van der Waals surface area (Å²) in [5, 5.41) is 9.63. The van der Waals surface area contributed by atoms with Crippen LogP contribution in [0.1, 0.15) is 81.5 Å². The van der Waals surface area contributed by atoms with Gasteiger partial charge in [0.25, 0.3) is 0 Å². The first-order valence-corrected chi connectivity index (χ1v) is 8.51. The molecular weight excluding hydrogens is 244 g/mol. The van der Waals surface area contributed by atoms with Crippen LogP contribution < -0.4 is 0 Å². The molecule has 1 aromatic carbocycles. The first-order chi connectivity index (χ1) is 9.78. The maximum Gasteiger partial charge on any atom is 0.0684 e. The molecule has 1 rings (SSSR count). The van der Waals surface area contributed by atoms with E-state index >= 15 is 0 Å². The van der Waals surface area contributed by atoms with Gasteiger partial charge in [-0.1, -0.05) is 52.2 Å². The highest BCUT2D eigenvalue weighted by atomic mass is 16.3. The van der Waals surface area contributed by atoms with Crippen LogP contribution in [0.25, 0.3) is 0 Å². The quantitative estimate of drug-likeness (QED) is 0.622. The summed E-state index contributed by atoms with van der Waals surface area (Å²) in [6, 6.07) is 4.42. The lowest BCUT2D eigenvalue weighted by Gasteiger charge is -2.18. The summed E-state index contributed by atoms with van der Waals surface area (Å²) in [6.07, 6.45) is 11.0. The van der Waals surface area contributed by atoms with Gasteiger partial charge in [-0.2, -0.15) is 0 Å². The second kappa shape index (κ2) is 9.99. The SMILES string of the molecule is CCCCc1ccc(CO)c(CCCC)c1CCCC. The first kappa shape index (κ1) is 17.2. The lowest BCUT2D eigenvalue weighted by molar-refractivity contribution is 0.280. The molecule has 0 aliphatic rings. The molecule has 114 valence electrons. The number of aliphatic hydroxyl groups is 1. The molecule has 0 saturated heterocycles. The second-order valence-corrected chi connectivity index (χ2v) is 5.81. The highest BCUT2D eigenvalue weighted by Crippen LogP contribution is 2.25. The van der Waals surface area contributed by atoms with Crippen LogP contribution in [0.5, 0.6) is 0 Å². The van der Waals surface area contributed by atoms with Gasteiger partial charge in [-0.25, -0.2) is 0 Å². The molecule has 1 aromatic rings. The molecule has 0 heterocycles. The Labute approximate surface area is 125 Å². The Morgan fingerprint density at radius 2 is 1.15 bits per heavy atom. The zero-order valence-corrected chi connectivity index (χ0v) is 13.7. The molecule has 0 spiro atoms. The van der Waals surface area contributed by atoms with Gasteiger partial charge < -0.3 is 5.11 Å². The molecule has 1 heteroatoms. The van der Waals surface area contributed by atoms with Crippen molar-refractivity contribution in [3.05, 3.63) is 34.4 Å². The Bertz CT molecular complexity index is 382. The van der Waals surface area contributed by atoms with Crippen LogP contribution in [0.15, 0.2) is 12.1 Å². The van der Waals surface area contributed by atoms with E-state index in [2.05, 4.69) is 32.9 Å². The predicted molar refractivity (Wildman–Crippen MR) is 88.2 cm³/mol. The fourth-order valence-corrected chi connectivity index (χ4v) is 2.87. The molecule has 0 aliphatic carbocycles. The van der Waals surface area contributed by atoms with Gasteiger partial charge in [-0.15, -0.1) is 0 Å². The molecule has 0 aromatic heterocycles. The number of rotatable bonds is 10. The molecule has 0 radical (unpaired) electrons. The standard InChI is InChI=1S/C19H32O/c1-4-7-10-16-13-14-17(15-20)19(12-9-6-3)18(16)11-8-5-2/h13-14,20H,4-12,15H2,1-3H3. The van der Waals surface area contributed by atoms with E-state index in [0.717, 1.165) is 12.0 Å². The largest absolute Gasteiger partial charge is 0.392 e. The summed E-state index contributed by atoms with van der Waals surface area (Å²) in [4.78, 5) is 0. The minimum Gasteiger partial charge on any atom is -0.392 e. The third-order valence-electron chi connectivity index (χ3n) is 4.16. The van der Waals surface area contributed by atoms with Crippen molar-refractivity contribution < 1.29 is 5.11 Å². The molecule has 0 atom stereocenters. The number of hydrogen-bond donors (Lipinski definition) is 1. The van der Waals surface area contributed by atoms with Crippen LogP contribution in [0.4, 0.5) is 0 Å². The van der Waals surface area contributed by atoms with Gasteiger partial charge in [0, 0.05) is 0 Å². The number of benzene rings is 1. The molecular formula is C19H32O. The summed E-state index contributed by atoms with van der Waals surface area (Å²) in [5.74, 6) is 0. The molecule has 0 unspecified atom stereocenters. The van der Waals surface area contributed by atoms with Crippen molar-refractivity contribution in [2.24, 2.45) is 0 Å². The van der Waals surface area contributed by atoms with Gasteiger partial charge in [0.05, 0.1) is 6.61 Å². The molecule has 0 bridgehead atoms. The van der Waals surface area contributed by atoms with Crippen LogP contribution in [0, 0.1) is 0 Å². The van der Waals surface area contributed by atoms with Crippen molar-refractivity contribution in [2.45, 2.75) is 85.2 Å². The average Bonchev–Trinajstić information content (AvgIpc) is 2.48. The lowest BCUT2D eigenvalue weighted by atomic mass is 9.88. The van der Waals surface area contributed by atoms with Crippen LogP contribution >= 0.6 is 0 Å². The van der Waals surface area contributed by atoms with E-state index in [1.807, 2.05) is 0 Å². The maximum absolute atomic E-state index is 9.63. The van der Waals surface area contributed by atoms with Gasteiger partial charge in [0.2, 0.25) is 0 Å². The van der Waals surface area contributed by atoms with Gasteiger partial charge >= 0.3 is 0 Å². The smallest absolute Gasteiger partial charge is 0.0684 e. The second-order valence-electron chi connectivity index (χ2n) is 5.81. The molecule has 1 N–H and O–H groups in total. The fourth-order valence-electron chi connectivity index (χ4n) is 2.87.